The molecular formula is C13H27N3O2. The van der Waals surface area contributed by atoms with Crippen molar-refractivity contribution >= 4 is 11.8 Å². The van der Waals surface area contributed by atoms with Gasteiger partial charge in [-0.05, 0) is 26.2 Å². The third-order valence-corrected chi connectivity index (χ3v) is 2.47. The Morgan fingerprint density at radius 3 is 1.94 bits per heavy atom. The number of carbonyl (C=O) groups is 2. The van der Waals surface area contributed by atoms with E-state index in [1.165, 1.54) is 4.90 Å². The lowest BCUT2D eigenvalue weighted by Gasteiger charge is -2.30. The van der Waals surface area contributed by atoms with Crippen LogP contribution < -0.4 is 11.1 Å². The smallest absolute Gasteiger partial charge is 0.240 e. The van der Waals surface area contributed by atoms with Crippen molar-refractivity contribution in [1.82, 2.24) is 10.2 Å². The lowest BCUT2D eigenvalue weighted by atomic mass is 9.86. The van der Waals surface area contributed by atoms with E-state index in [0.29, 0.717) is 0 Å². The molecule has 1 atom stereocenters. The maximum atomic E-state index is 12.0. The van der Waals surface area contributed by atoms with Crippen molar-refractivity contribution in [2.75, 3.05) is 13.6 Å². The van der Waals surface area contributed by atoms with Gasteiger partial charge in [0.15, 0.2) is 0 Å². The highest BCUT2D eigenvalue weighted by atomic mass is 16.2. The zero-order chi connectivity index (χ0) is 14.7. The molecule has 0 heterocycles. The van der Waals surface area contributed by atoms with E-state index in [2.05, 4.69) is 5.32 Å². The molecule has 3 N–H and O–H groups in total. The summed E-state index contributed by atoms with van der Waals surface area (Å²) in [7, 11) is 1.59. The molecule has 0 spiro atoms. The van der Waals surface area contributed by atoms with E-state index >= 15 is 0 Å². The molecule has 0 aromatic rings. The van der Waals surface area contributed by atoms with Crippen LogP contribution >= 0.6 is 0 Å². The van der Waals surface area contributed by atoms with Gasteiger partial charge in [0.25, 0.3) is 0 Å². The van der Waals surface area contributed by atoms with Crippen LogP contribution in [0.1, 0.15) is 41.5 Å². The van der Waals surface area contributed by atoms with Crippen molar-refractivity contribution < 1.29 is 9.59 Å². The summed E-state index contributed by atoms with van der Waals surface area (Å²) in [5.41, 5.74) is 5.26. The van der Waals surface area contributed by atoms with Crippen molar-refractivity contribution in [3.8, 4) is 0 Å². The van der Waals surface area contributed by atoms with E-state index in [4.69, 9.17) is 5.73 Å². The van der Waals surface area contributed by atoms with E-state index in [1.54, 1.807) is 7.05 Å². The fourth-order valence-corrected chi connectivity index (χ4v) is 1.36. The minimum atomic E-state index is -0.607. The number of nitrogens with two attached hydrogens (primary N) is 1. The monoisotopic (exact) mass is 257 g/mol. The summed E-state index contributed by atoms with van der Waals surface area (Å²) in [6.45, 7) is 11.4. The Bertz CT molecular complexity index is 313. The van der Waals surface area contributed by atoms with Gasteiger partial charge in [0.05, 0.1) is 12.6 Å². The summed E-state index contributed by atoms with van der Waals surface area (Å²) in [5, 5.41) is 2.81. The van der Waals surface area contributed by atoms with Gasteiger partial charge in [-0.1, -0.05) is 20.8 Å². The van der Waals surface area contributed by atoms with Gasteiger partial charge in [-0.25, -0.2) is 0 Å². The zero-order valence-electron chi connectivity index (χ0n) is 12.6. The van der Waals surface area contributed by atoms with Crippen molar-refractivity contribution in [1.29, 1.82) is 0 Å². The van der Waals surface area contributed by atoms with Gasteiger partial charge < -0.3 is 16.0 Å². The number of nitrogens with zero attached hydrogens (tertiary/aromatic N) is 1. The van der Waals surface area contributed by atoms with Crippen LogP contribution in [0, 0.1) is 5.41 Å². The number of amides is 2. The zero-order valence-corrected chi connectivity index (χ0v) is 12.6. The van der Waals surface area contributed by atoms with E-state index in [-0.39, 0.29) is 29.3 Å². The molecule has 0 aliphatic carbocycles. The highest BCUT2D eigenvalue weighted by Gasteiger charge is 2.30. The molecule has 5 nitrogen and oxygen atoms in total. The van der Waals surface area contributed by atoms with Crippen LogP contribution in [-0.4, -0.2) is 41.9 Å². The lowest BCUT2D eigenvalue weighted by molar-refractivity contribution is -0.138. The second-order valence-electron chi connectivity index (χ2n) is 6.84. The van der Waals surface area contributed by atoms with Crippen LogP contribution in [0.3, 0.4) is 0 Å². The molecule has 1 unspecified atom stereocenters. The topological polar surface area (TPSA) is 75.4 Å². The molecule has 106 valence electrons. The van der Waals surface area contributed by atoms with Gasteiger partial charge in [-0.2, -0.15) is 0 Å². The number of nitrogens with one attached hydrogen (secondary N) is 1. The first kappa shape index (κ1) is 16.9. The average molecular weight is 257 g/mol. The van der Waals surface area contributed by atoms with Crippen molar-refractivity contribution in [2.24, 2.45) is 11.1 Å². The molecule has 18 heavy (non-hydrogen) atoms. The lowest BCUT2D eigenvalue weighted by Crippen LogP contribution is -2.52. The number of likely N-dealkylation sites (N-methyl/N-ethyl adjacent to an activating group) is 1. The summed E-state index contributed by atoms with van der Waals surface area (Å²) in [4.78, 5) is 25.1. The molecule has 0 radical (unpaired) electrons. The minimum Gasteiger partial charge on any atom is -0.350 e. The Morgan fingerprint density at radius 1 is 1.17 bits per heavy atom. The van der Waals surface area contributed by atoms with Gasteiger partial charge in [0.2, 0.25) is 11.8 Å². The standard InChI is InChI=1S/C13H27N3O2/c1-12(2,3)10(14)11(18)16(7)8-9(17)15-13(4,5)6/h10H,8,14H2,1-7H3,(H,15,17). The van der Waals surface area contributed by atoms with Gasteiger partial charge >= 0.3 is 0 Å². The molecule has 0 aromatic heterocycles. The second kappa shape index (κ2) is 5.69. The predicted molar refractivity (Wildman–Crippen MR) is 73.0 cm³/mol. The Kier molecular flexibility index (Phi) is 5.35. The summed E-state index contributed by atoms with van der Waals surface area (Å²) in [6.07, 6.45) is 0. The van der Waals surface area contributed by atoms with Crippen LogP contribution in [0.15, 0.2) is 0 Å². The SMILES string of the molecule is CN(CC(=O)NC(C)(C)C)C(=O)C(N)C(C)(C)C. The van der Waals surface area contributed by atoms with Gasteiger partial charge in [-0.15, -0.1) is 0 Å². The minimum absolute atomic E-state index is 0.0277. The fraction of sp³-hybridized carbons (Fsp3) is 0.846. The van der Waals surface area contributed by atoms with E-state index < -0.39 is 6.04 Å². The highest BCUT2D eigenvalue weighted by Crippen LogP contribution is 2.18. The first-order chi connectivity index (χ1) is 7.84. The number of hydrogen-bond acceptors (Lipinski definition) is 3. The molecule has 0 aromatic carbocycles. The maximum absolute atomic E-state index is 12.0. The molecule has 2 amide bonds. The highest BCUT2D eigenvalue weighted by molar-refractivity contribution is 5.87. The van der Waals surface area contributed by atoms with Gasteiger partial charge in [-0.3, -0.25) is 9.59 Å². The molecule has 0 bridgehead atoms. The molecular weight excluding hydrogens is 230 g/mol. The summed E-state index contributed by atoms with van der Waals surface area (Å²) in [5.74, 6) is -0.397. The Morgan fingerprint density at radius 2 is 1.61 bits per heavy atom. The molecule has 0 aliphatic heterocycles. The van der Waals surface area contributed by atoms with Crippen LogP contribution in [0.5, 0.6) is 0 Å². The number of hydrogen-bond donors (Lipinski definition) is 2. The predicted octanol–water partition coefficient (Wildman–Crippen LogP) is 0.733. The third-order valence-electron chi connectivity index (χ3n) is 2.47. The molecule has 0 saturated heterocycles. The average Bonchev–Trinajstić information content (AvgIpc) is 2.10. The number of carbonyl (C=O) groups excluding carboxylic acids is 2. The summed E-state index contributed by atoms with van der Waals surface area (Å²) >= 11 is 0. The fourth-order valence-electron chi connectivity index (χ4n) is 1.36. The largest absolute Gasteiger partial charge is 0.350 e. The van der Waals surface area contributed by atoms with Gasteiger partial charge in [0, 0.05) is 12.6 Å². The van der Waals surface area contributed by atoms with Crippen LogP contribution in [0.2, 0.25) is 0 Å². The van der Waals surface area contributed by atoms with E-state index in [0.717, 1.165) is 0 Å². The van der Waals surface area contributed by atoms with E-state index in [1.807, 2.05) is 41.5 Å². The van der Waals surface area contributed by atoms with Crippen molar-refractivity contribution in [3.05, 3.63) is 0 Å². The van der Waals surface area contributed by atoms with Gasteiger partial charge in [0.1, 0.15) is 0 Å². The normalized spacial score (nSPS) is 14.0. The molecule has 0 fully saturated rings. The molecule has 0 rings (SSSR count). The maximum Gasteiger partial charge on any atom is 0.240 e. The number of rotatable bonds is 3. The first-order valence-electron chi connectivity index (χ1n) is 6.16. The first-order valence-corrected chi connectivity index (χ1v) is 6.16. The van der Waals surface area contributed by atoms with Crippen molar-refractivity contribution in [3.63, 3.8) is 0 Å². The van der Waals surface area contributed by atoms with Crippen LogP contribution in [0.4, 0.5) is 0 Å². The van der Waals surface area contributed by atoms with Crippen LogP contribution in [-0.2, 0) is 9.59 Å². The summed E-state index contributed by atoms with van der Waals surface area (Å²) < 4.78 is 0. The molecule has 5 heteroatoms. The van der Waals surface area contributed by atoms with Crippen LogP contribution in [0.25, 0.3) is 0 Å². The summed E-state index contributed by atoms with van der Waals surface area (Å²) in [6, 6.07) is -0.607. The van der Waals surface area contributed by atoms with Crippen molar-refractivity contribution in [2.45, 2.75) is 53.1 Å². The quantitative estimate of drug-likeness (QED) is 0.782. The Balaban J connectivity index is 4.46. The molecule has 0 aliphatic rings. The molecule has 0 saturated carbocycles. The third kappa shape index (κ3) is 6.00. The Labute approximate surface area is 110 Å². The van der Waals surface area contributed by atoms with E-state index in [9.17, 15) is 9.59 Å². The Hall–Kier alpha value is -1.10. The second-order valence-corrected chi connectivity index (χ2v) is 6.84.